The molecule has 2 aliphatic rings. The maximum Gasteiger partial charge on any atom is 0.139 e. The van der Waals surface area contributed by atoms with E-state index in [4.69, 9.17) is 9.47 Å². The molecule has 122 valence electrons. The third-order valence-electron chi connectivity index (χ3n) is 4.69. The second-order valence-electron chi connectivity index (χ2n) is 6.76. The first-order chi connectivity index (χ1) is 11.6. The van der Waals surface area contributed by atoms with Crippen molar-refractivity contribution in [2.45, 2.75) is 31.8 Å². The van der Waals surface area contributed by atoms with Crippen molar-refractivity contribution in [3.8, 4) is 29.1 Å². The highest BCUT2D eigenvalue weighted by Gasteiger charge is 2.38. The molecule has 0 saturated heterocycles. The second-order valence-corrected chi connectivity index (χ2v) is 6.76. The lowest BCUT2D eigenvalue weighted by Gasteiger charge is -2.25. The smallest absolute Gasteiger partial charge is 0.139 e. The fourth-order valence-electron chi connectivity index (χ4n) is 3.15. The molecule has 0 radical (unpaired) electrons. The zero-order chi connectivity index (χ0) is 16.7. The summed E-state index contributed by atoms with van der Waals surface area (Å²) < 4.78 is 11.6. The van der Waals surface area contributed by atoms with Gasteiger partial charge in [-0.1, -0.05) is 24.0 Å². The third-order valence-corrected chi connectivity index (χ3v) is 4.69. The first-order valence-corrected chi connectivity index (χ1v) is 8.28. The number of rotatable bonds is 2. The summed E-state index contributed by atoms with van der Waals surface area (Å²) in [5.74, 6) is 8.84. The molecule has 1 fully saturated rings. The van der Waals surface area contributed by atoms with Crippen LogP contribution in [0.15, 0.2) is 36.4 Å². The number of fused-ring (bicyclic) bond motifs is 1. The summed E-state index contributed by atoms with van der Waals surface area (Å²) >= 11 is 0. The maximum atomic E-state index is 10.0. The van der Waals surface area contributed by atoms with Crippen molar-refractivity contribution in [3.05, 3.63) is 53.1 Å². The SMILES string of the molecule is COc1ccc([C@@]2(C)Cc3cc(O)cc(C#CC4CC4)c3O2)cc1. The van der Waals surface area contributed by atoms with Gasteiger partial charge in [0, 0.05) is 17.9 Å². The summed E-state index contributed by atoms with van der Waals surface area (Å²) in [5.41, 5.74) is 2.42. The van der Waals surface area contributed by atoms with E-state index in [0.29, 0.717) is 12.3 Å². The molecule has 3 nitrogen and oxygen atoms in total. The van der Waals surface area contributed by atoms with Crippen molar-refractivity contribution in [2.24, 2.45) is 5.92 Å². The number of benzene rings is 2. The quantitative estimate of drug-likeness (QED) is 0.850. The first-order valence-electron chi connectivity index (χ1n) is 8.28. The Labute approximate surface area is 142 Å². The number of aromatic hydroxyl groups is 1. The summed E-state index contributed by atoms with van der Waals surface area (Å²) in [6.07, 6.45) is 3.07. The van der Waals surface area contributed by atoms with Crippen molar-refractivity contribution in [1.82, 2.24) is 0 Å². The van der Waals surface area contributed by atoms with Crippen LogP contribution in [0.3, 0.4) is 0 Å². The van der Waals surface area contributed by atoms with E-state index in [1.165, 1.54) is 12.8 Å². The topological polar surface area (TPSA) is 38.7 Å². The Morgan fingerprint density at radius 1 is 1.21 bits per heavy atom. The molecule has 1 aliphatic carbocycles. The summed E-state index contributed by atoms with van der Waals surface area (Å²) in [5, 5.41) is 10.0. The van der Waals surface area contributed by atoms with Crippen molar-refractivity contribution in [2.75, 3.05) is 7.11 Å². The largest absolute Gasteiger partial charge is 0.508 e. The van der Waals surface area contributed by atoms with Crippen molar-refractivity contribution >= 4 is 0 Å². The average Bonchev–Trinajstić information content (AvgIpc) is 3.34. The second kappa shape index (κ2) is 5.49. The Kier molecular flexibility index (Phi) is 3.42. The van der Waals surface area contributed by atoms with Gasteiger partial charge in [-0.15, -0.1) is 0 Å². The molecule has 0 spiro atoms. The number of phenols is 1. The van der Waals surface area contributed by atoms with Crippen LogP contribution in [0.25, 0.3) is 0 Å². The van der Waals surface area contributed by atoms with E-state index in [1.807, 2.05) is 24.3 Å². The highest BCUT2D eigenvalue weighted by Crippen LogP contribution is 2.45. The summed E-state index contributed by atoms with van der Waals surface area (Å²) in [4.78, 5) is 0. The monoisotopic (exact) mass is 320 g/mol. The average molecular weight is 320 g/mol. The minimum Gasteiger partial charge on any atom is -0.508 e. The van der Waals surface area contributed by atoms with E-state index in [0.717, 1.165) is 28.2 Å². The lowest BCUT2D eigenvalue weighted by Crippen LogP contribution is -2.27. The van der Waals surface area contributed by atoms with Gasteiger partial charge in [0.25, 0.3) is 0 Å². The van der Waals surface area contributed by atoms with E-state index >= 15 is 0 Å². The molecule has 1 aliphatic heterocycles. The van der Waals surface area contributed by atoms with Crippen LogP contribution in [0.5, 0.6) is 17.2 Å². The molecular formula is C21H20O3. The Morgan fingerprint density at radius 3 is 2.62 bits per heavy atom. The van der Waals surface area contributed by atoms with Crippen molar-refractivity contribution in [3.63, 3.8) is 0 Å². The molecule has 0 bridgehead atoms. The molecule has 1 saturated carbocycles. The van der Waals surface area contributed by atoms with Gasteiger partial charge in [0.1, 0.15) is 22.8 Å². The van der Waals surface area contributed by atoms with Gasteiger partial charge in [-0.2, -0.15) is 0 Å². The lowest BCUT2D eigenvalue weighted by molar-refractivity contribution is 0.115. The molecule has 1 atom stereocenters. The number of ether oxygens (including phenoxy) is 2. The molecule has 0 amide bonds. The van der Waals surface area contributed by atoms with E-state index in [2.05, 4.69) is 18.8 Å². The van der Waals surface area contributed by atoms with Crippen LogP contribution in [-0.4, -0.2) is 12.2 Å². The lowest BCUT2D eigenvalue weighted by atomic mass is 9.91. The zero-order valence-electron chi connectivity index (χ0n) is 13.9. The minimum atomic E-state index is -0.460. The van der Waals surface area contributed by atoms with Crippen LogP contribution >= 0.6 is 0 Å². The highest BCUT2D eigenvalue weighted by molar-refractivity contribution is 5.58. The van der Waals surface area contributed by atoms with E-state index in [9.17, 15) is 5.11 Å². The zero-order valence-corrected chi connectivity index (χ0v) is 13.9. The van der Waals surface area contributed by atoms with Gasteiger partial charge in [0.15, 0.2) is 0 Å². The number of hydrogen-bond donors (Lipinski definition) is 1. The van der Waals surface area contributed by atoms with Crippen LogP contribution in [0.1, 0.15) is 36.5 Å². The molecule has 3 heteroatoms. The fourth-order valence-corrected chi connectivity index (χ4v) is 3.15. The number of phenolic OH excluding ortho intramolecular Hbond substituents is 1. The van der Waals surface area contributed by atoms with Gasteiger partial charge < -0.3 is 14.6 Å². The Hall–Kier alpha value is -2.60. The van der Waals surface area contributed by atoms with Crippen molar-refractivity contribution < 1.29 is 14.6 Å². The van der Waals surface area contributed by atoms with Crippen LogP contribution in [0.4, 0.5) is 0 Å². The maximum absolute atomic E-state index is 10.0. The Morgan fingerprint density at radius 2 is 1.96 bits per heavy atom. The van der Waals surface area contributed by atoms with Crippen LogP contribution in [0.2, 0.25) is 0 Å². The highest BCUT2D eigenvalue weighted by atomic mass is 16.5. The molecule has 0 aromatic heterocycles. The van der Waals surface area contributed by atoms with Gasteiger partial charge in [-0.05, 0) is 49.6 Å². The molecule has 2 aromatic rings. The van der Waals surface area contributed by atoms with Gasteiger partial charge in [-0.3, -0.25) is 0 Å². The molecule has 1 heterocycles. The third kappa shape index (κ3) is 2.69. The van der Waals surface area contributed by atoms with E-state index in [1.54, 1.807) is 19.2 Å². The Bertz CT molecular complexity index is 838. The predicted octanol–water partition coefficient (Wildman–Crippen LogP) is 4.01. The van der Waals surface area contributed by atoms with Crippen LogP contribution < -0.4 is 9.47 Å². The van der Waals surface area contributed by atoms with Crippen molar-refractivity contribution in [1.29, 1.82) is 0 Å². The predicted molar refractivity (Wildman–Crippen MR) is 92.4 cm³/mol. The molecule has 2 aromatic carbocycles. The molecule has 24 heavy (non-hydrogen) atoms. The van der Waals surface area contributed by atoms with Gasteiger partial charge in [0.05, 0.1) is 12.7 Å². The first kappa shape index (κ1) is 15.0. The fraction of sp³-hybridized carbons (Fsp3) is 0.333. The molecule has 0 unspecified atom stereocenters. The Balaban J connectivity index is 1.69. The number of hydrogen-bond acceptors (Lipinski definition) is 3. The molecule has 1 N–H and O–H groups in total. The standard InChI is InChI=1S/C21H20O3/c1-21(17-7-9-19(23-2)10-8-17)13-16-12-18(22)11-15(20(16)24-21)6-5-14-3-4-14/h7-12,14,22H,3-4,13H2,1-2H3/t21-/m1/s1. The summed E-state index contributed by atoms with van der Waals surface area (Å²) in [6.45, 7) is 2.07. The molecular weight excluding hydrogens is 300 g/mol. The van der Waals surface area contributed by atoms with E-state index in [-0.39, 0.29) is 5.75 Å². The normalized spacial score (nSPS) is 21.4. The molecule has 4 rings (SSSR count). The number of methoxy groups -OCH3 is 1. The van der Waals surface area contributed by atoms with Crippen LogP contribution in [-0.2, 0) is 12.0 Å². The minimum absolute atomic E-state index is 0.247. The van der Waals surface area contributed by atoms with Gasteiger partial charge in [-0.25, -0.2) is 0 Å². The van der Waals surface area contributed by atoms with Gasteiger partial charge in [0.2, 0.25) is 0 Å². The van der Waals surface area contributed by atoms with E-state index < -0.39 is 5.60 Å². The van der Waals surface area contributed by atoms with Crippen LogP contribution in [0, 0.1) is 17.8 Å². The summed E-state index contributed by atoms with van der Waals surface area (Å²) in [6, 6.07) is 11.4. The van der Waals surface area contributed by atoms with Gasteiger partial charge >= 0.3 is 0 Å². The summed E-state index contributed by atoms with van der Waals surface area (Å²) in [7, 11) is 1.66.